The maximum atomic E-state index is 6.95. The molecule has 0 aromatic carbocycles. The molecule has 6 aromatic heterocycles. The molecule has 0 fully saturated rings. The number of halogens is 14. The molecule has 0 atom stereocenters. The number of nitrogens with two attached hydrogens (primary N) is 29. The van der Waals surface area contributed by atoms with Crippen LogP contribution >= 0.6 is 132 Å². The van der Waals surface area contributed by atoms with E-state index in [-0.39, 0.29) is 239 Å². The van der Waals surface area contributed by atoms with Crippen LogP contribution in [-0.2, 0) is 282 Å². The van der Waals surface area contributed by atoms with E-state index >= 15 is 0 Å². The minimum Gasteiger partial charge on any atom is -0.693 e. The third-order valence-electron chi connectivity index (χ3n) is 11.3. The molecule has 51 nitrogen and oxygen atoms in total. The Morgan fingerprint density at radius 3 is 0.403 bits per heavy atom. The summed E-state index contributed by atoms with van der Waals surface area (Å²) in [6.07, 6.45) is 44.2. The number of H-pyrrole nitrogens is 6. The Morgan fingerprint density at radius 2 is 0.302 bits per heavy atom. The number of hydrogen-bond donors (Lipinski definition) is 9. The van der Waals surface area contributed by atoms with Gasteiger partial charge in [-0.2, -0.15) is 76.4 Å². The zero-order chi connectivity index (χ0) is 84.1. The number of aromatic amines is 6. The molecule has 0 bridgehead atoms. The number of quaternary nitrogens is 3. The second-order valence-electron chi connectivity index (χ2n) is 18.7. The van der Waals surface area contributed by atoms with Crippen molar-refractivity contribution in [2.45, 2.75) is 172 Å². The SMILES string of the molecule is C.C.C.C.C.[Cl][Pt+2][Cl].[Cl][Pt+2][Cl].[Cl][Pt].[Cl][Pt].[Cl][Pt].[Cl][Pt].[Cl][Pt].[Cl][Pt].[Cl][Pt].[Cl][Pt].[Cl][Pt].[Cl][Pt].[NH-]CCCCCC[NH-].[NH-]CCCCCC[NH-].[NH-]CCCCCC[NH-].[NH-]CCCC[NH2+]CCC[NH-].[NH-]CCC[NH2+]CCC[NH2+]CCC[NH-].[NH2-].[NH2-].[NH2-].[NH2-].[NH2-].[NH2-].[NH2-].[NH2-].[NH2-].[NH2-].[NH2-].[NH2-].[NH2-].[NH2-].[NH2-].[NH2-].[NH2-].[NH2-].[NH2-].[NH2-].[NH2-].[NH2-].[NH2-].[NH2-].[NH2-].[NH2-].[Pt+2].[Pt+4].c1n[nH]cc1Cc1cn[nH]c1.c1n[nH]cc1Cc1cn[nH]c1.c1n[nH]cc1Cc1cn[nH]c1. The number of hydrogen-bond acceptors (Lipinski definition) is 6. The summed E-state index contributed by atoms with van der Waals surface area (Å²) in [5.41, 5.74) is 75.4. The van der Waals surface area contributed by atoms with Gasteiger partial charge < -0.3 is 233 Å². The van der Waals surface area contributed by atoms with Gasteiger partial charge in [-0.05, 0) is 59.1 Å². The zero-order valence-electron chi connectivity index (χ0n) is 73.2. The molecule has 0 aliphatic rings. The molecule has 936 valence electrons. The van der Waals surface area contributed by atoms with E-state index in [9.17, 15) is 0 Å². The van der Waals surface area contributed by atoms with Gasteiger partial charge in [0, 0.05) is 62.9 Å². The van der Waals surface area contributed by atoms with Gasteiger partial charge in [-0.25, -0.2) is 0 Å². The second kappa shape index (κ2) is 363. The van der Waals surface area contributed by atoms with Gasteiger partial charge in [0.2, 0.25) is 0 Å². The van der Waals surface area contributed by atoms with E-state index in [4.69, 9.17) is 95.0 Å². The molecule has 79 heteroatoms. The van der Waals surface area contributed by atoms with Crippen molar-refractivity contribution in [1.29, 1.82) is 0 Å². The van der Waals surface area contributed by atoms with Gasteiger partial charge in [-0.1, -0.05) is 121 Å². The number of rotatable bonds is 38. The van der Waals surface area contributed by atoms with Crippen LogP contribution in [0, 0.1) is 0 Å². The topological polar surface area (TPSA) is 1330 Å². The van der Waals surface area contributed by atoms with Crippen LogP contribution in [0.2, 0.25) is 0 Å². The molecule has 0 saturated heterocycles. The van der Waals surface area contributed by atoms with Gasteiger partial charge in [0.05, 0.1) is 76.4 Å². The van der Waals surface area contributed by atoms with Gasteiger partial charge in [0.15, 0.2) is 0 Å². The van der Waals surface area contributed by atoms with Gasteiger partial charge in [-0.3, -0.25) is 30.6 Å². The molecule has 0 spiro atoms. The van der Waals surface area contributed by atoms with Crippen LogP contribution in [0.5, 0.6) is 0 Å². The first-order valence-corrected chi connectivity index (χ1v) is 70.3. The van der Waals surface area contributed by atoms with Crippen LogP contribution < -0.4 is 16.0 Å². The van der Waals surface area contributed by atoms with Gasteiger partial charge in [0.25, 0.3) is 0 Å². The fraction of sp³-hybridized carbons (Fsp3) is 0.700. The summed E-state index contributed by atoms with van der Waals surface area (Å²) >= 11 is 15.2. The van der Waals surface area contributed by atoms with Crippen LogP contribution in [0.25, 0.3) is 217 Å². The van der Waals surface area contributed by atoms with Crippen molar-refractivity contribution in [2.24, 2.45) is 0 Å². The largest absolute Gasteiger partial charge is 4.00 e. The predicted octanol–water partition coefficient (Wildman–Crippen LogP) is 41.8. The van der Waals surface area contributed by atoms with E-state index in [1.54, 1.807) is 188 Å². The van der Waals surface area contributed by atoms with Gasteiger partial charge in [0.1, 0.15) is 0 Å². The first-order chi connectivity index (χ1) is 52.2. The van der Waals surface area contributed by atoms with Crippen LogP contribution in [0.3, 0.4) is 0 Å². The molecule has 0 radical (unpaired) electrons. The van der Waals surface area contributed by atoms with Crippen molar-refractivity contribution in [3.63, 3.8) is 0 Å². The standard InChI is InChI=1S/C9H22N4.3C7H8N4.C7H17N3.3C6H14N2.5CH4.14ClH.26H2N.14Pt/c10-4-1-6-12-8-3-9-13-7-2-5-11;3*1(6-2-8-9-3-6)7-4-10-11-5-7;8-4-1-2-6-10-7-3-5-9;3*7-5-3-1-2-4-6-8;;;;;;;;;;;;;;;;;;;;;;;;;;;;;;;;;;;;;;;;;;;;;;;;;;;;;;;;;;;/h10-13H,1-9H2;3*2-5H,1H2,(H,8,9)(H,10,11);8-10H,1-7H2;3*7-8H,1-6H2;5*1H4;14*1H;26*1H2;;;;;;;;;;;;;;/q-2;;;;4*-2;;;;;;;;;;;;;;;;;;;;26*-1;10*+1;+2;3*+4/p-11. The van der Waals surface area contributed by atoms with Crippen molar-refractivity contribution in [2.75, 3.05) is 105 Å². The van der Waals surface area contributed by atoms with E-state index in [2.05, 4.69) is 171 Å². The molecule has 0 aliphatic heterocycles. The Bertz CT molecular complexity index is 1740. The molecule has 0 amide bonds. The van der Waals surface area contributed by atoms with Crippen LogP contribution in [0.15, 0.2) is 74.4 Å². The van der Waals surface area contributed by atoms with E-state index in [1.165, 1.54) is 52.9 Å². The Labute approximate surface area is 1060 Å². The van der Waals surface area contributed by atoms with E-state index in [1.807, 2.05) is 74.4 Å². The van der Waals surface area contributed by atoms with E-state index in [0.717, 1.165) is 155 Å². The maximum Gasteiger partial charge on any atom is 4.00 e. The third kappa shape index (κ3) is 343. The number of aromatic nitrogens is 12. The summed E-state index contributed by atoms with van der Waals surface area (Å²) in [6, 6.07) is 0. The molecule has 0 saturated carbocycles. The monoisotopic (exact) mass is 4830 g/mol. The Hall–Kier alpha value is 7.40. The van der Waals surface area contributed by atoms with Crippen LogP contribution in [0.4, 0.5) is 0 Å². The molecule has 0 aliphatic carbocycles. The van der Waals surface area contributed by atoms with Crippen molar-refractivity contribution in [3.8, 4) is 0 Å². The average Bonchev–Trinajstić information content (AvgIpc) is 1.81. The number of nitrogens with one attached hydrogen (secondary N) is 16. The van der Waals surface area contributed by atoms with E-state index in [0.29, 0.717) is 65.4 Å². The molecule has 6 heterocycles. The fourth-order valence-electron chi connectivity index (χ4n) is 6.76. The zero-order valence-corrected chi connectivity index (χ0v) is 116. The van der Waals surface area contributed by atoms with Gasteiger partial charge >= 0.3 is 395 Å². The summed E-state index contributed by atoms with van der Waals surface area (Å²) in [5.74, 6) is 0. The van der Waals surface area contributed by atoms with Crippen molar-refractivity contribution >= 4 is 132 Å². The fourth-order valence-corrected chi connectivity index (χ4v) is 6.76. The molecule has 6 rings (SSSR count). The molecule has 74 N–H and O–H groups in total. The van der Waals surface area contributed by atoms with Crippen LogP contribution in [-0.4, -0.2) is 166 Å². The quantitative estimate of drug-likeness (QED) is 0.0169. The van der Waals surface area contributed by atoms with E-state index < -0.39 is 33.0 Å². The molecular weight excluding hydrogens is 4660 g/mol. The molecular formula is C60H180Cl14N51Pt14-23. The summed E-state index contributed by atoms with van der Waals surface area (Å²) in [4.78, 5) is 0. The first kappa shape index (κ1) is 313. The smallest absolute Gasteiger partial charge is 0.693 e. The average molecular weight is 4840 g/mol. The first-order valence-electron chi connectivity index (χ1n) is 30.9. The number of unbranched alkanes of at least 4 members (excludes halogenated alkanes) is 10. The molecule has 139 heavy (non-hydrogen) atoms. The Balaban J connectivity index is -0.0000000145. The molecule has 0 unspecified atom stereocenters. The normalized spacial score (nSPS) is 6.65. The molecule has 6 aromatic rings. The Morgan fingerprint density at radius 1 is 0.201 bits per heavy atom. The van der Waals surface area contributed by atoms with Crippen LogP contribution in [0.1, 0.15) is 186 Å². The summed E-state index contributed by atoms with van der Waals surface area (Å²) < 4.78 is 0. The van der Waals surface area contributed by atoms with Crippen molar-refractivity contribution < 1.29 is 279 Å². The second-order valence-corrected chi connectivity index (χ2v) is 25.3. The van der Waals surface area contributed by atoms with Crippen molar-refractivity contribution in [1.82, 2.24) is 61.2 Å². The predicted molar refractivity (Wildman–Crippen MR) is 583 cm³/mol. The number of nitrogens with zero attached hydrogens (tertiary/aromatic N) is 6. The summed E-state index contributed by atoms with van der Waals surface area (Å²) in [5, 5.41) is 46.5. The third-order valence-corrected chi connectivity index (χ3v) is 11.3. The maximum absolute atomic E-state index is 6.95. The summed E-state index contributed by atoms with van der Waals surface area (Å²) in [7, 11) is 65.6. The summed E-state index contributed by atoms with van der Waals surface area (Å²) in [6.45, 7) is 12.4. The minimum absolute atomic E-state index is 0. The van der Waals surface area contributed by atoms with Gasteiger partial charge in [-0.15, -0.1) is 19.6 Å². The Kier molecular flexibility index (Phi) is 818. The van der Waals surface area contributed by atoms with Crippen molar-refractivity contribution in [3.05, 3.63) is 325 Å². The minimum atomic E-state index is -0.472.